The summed E-state index contributed by atoms with van der Waals surface area (Å²) in [6.45, 7) is 0. The van der Waals surface area contributed by atoms with Gasteiger partial charge in [0.05, 0.1) is 5.97 Å². The average Bonchev–Trinajstić information content (AvgIpc) is 1.78. The van der Waals surface area contributed by atoms with Crippen LogP contribution in [0.15, 0.2) is 12.2 Å². The van der Waals surface area contributed by atoms with Crippen LogP contribution in [0.4, 0.5) is 13.2 Å². The largest absolute Gasteiger partial charge is 0.545 e. The summed E-state index contributed by atoms with van der Waals surface area (Å²) in [6.07, 6.45) is -4.04. The first-order chi connectivity index (χ1) is 4.92. The van der Waals surface area contributed by atoms with E-state index in [-0.39, 0.29) is 6.42 Å². The molecule has 0 N–H and O–H groups in total. The van der Waals surface area contributed by atoms with Crippen molar-refractivity contribution in [3.63, 3.8) is 0 Å². The van der Waals surface area contributed by atoms with Gasteiger partial charge >= 0.3 is 6.18 Å². The zero-order chi connectivity index (χ0) is 8.91. The fourth-order valence-corrected chi connectivity index (χ4v) is 0.427. The van der Waals surface area contributed by atoms with Gasteiger partial charge in [-0.05, 0) is 12.5 Å². The van der Waals surface area contributed by atoms with E-state index in [1.165, 1.54) is 0 Å². The highest BCUT2D eigenvalue weighted by atomic mass is 19.4. The molecule has 0 saturated carbocycles. The maximum Gasteiger partial charge on any atom is 0.389 e. The molecule has 0 heterocycles. The highest BCUT2D eigenvalue weighted by Gasteiger charge is 2.25. The summed E-state index contributed by atoms with van der Waals surface area (Å²) in [4.78, 5) is 9.64. The number of alkyl halides is 3. The Morgan fingerprint density at radius 1 is 1.45 bits per heavy atom. The van der Waals surface area contributed by atoms with Crippen molar-refractivity contribution in [2.24, 2.45) is 0 Å². The normalized spacial score (nSPS) is 12.3. The monoisotopic (exact) mass is 167 g/mol. The number of carboxylic acids is 1. The Kier molecular flexibility index (Phi) is 3.64. The number of allylic oxidation sites excluding steroid dienone is 1. The van der Waals surface area contributed by atoms with Crippen LogP contribution in [-0.4, -0.2) is 12.1 Å². The van der Waals surface area contributed by atoms with Crippen molar-refractivity contribution in [2.75, 3.05) is 0 Å². The molecular weight excluding hydrogens is 161 g/mol. The van der Waals surface area contributed by atoms with E-state index in [9.17, 15) is 23.1 Å². The van der Waals surface area contributed by atoms with Crippen LogP contribution in [0.25, 0.3) is 0 Å². The average molecular weight is 167 g/mol. The minimum absolute atomic E-state index is 0.322. The number of aliphatic carboxylic acids is 1. The van der Waals surface area contributed by atoms with E-state index in [0.29, 0.717) is 6.08 Å². The fourth-order valence-electron chi connectivity index (χ4n) is 0.427. The van der Waals surface area contributed by atoms with Gasteiger partial charge < -0.3 is 9.90 Å². The van der Waals surface area contributed by atoms with Gasteiger partial charge in [-0.25, -0.2) is 0 Å². The smallest absolute Gasteiger partial charge is 0.389 e. The van der Waals surface area contributed by atoms with E-state index in [4.69, 9.17) is 0 Å². The summed E-state index contributed by atoms with van der Waals surface area (Å²) < 4.78 is 34.1. The Labute approximate surface area is 61.3 Å². The lowest BCUT2D eigenvalue weighted by Gasteiger charge is -2.01. The van der Waals surface area contributed by atoms with E-state index in [1.54, 1.807) is 0 Å². The Balaban J connectivity index is 3.50. The third-order valence-electron chi connectivity index (χ3n) is 0.848. The first-order valence-electron chi connectivity index (χ1n) is 2.86. The van der Waals surface area contributed by atoms with Crippen molar-refractivity contribution < 1.29 is 23.1 Å². The molecule has 0 aliphatic heterocycles. The second-order valence-electron chi connectivity index (χ2n) is 1.88. The van der Waals surface area contributed by atoms with E-state index in [1.807, 2.05) is 0 Å². The predicted octanol–water partition coefficient (Wildman–Crippen LogP) is 0.635. The van der Waals surface area contributed by atoms with Crippen molar-refractivity contribution in [1.82, 2.24) is 0 Å². The standard InChI is InChI=1S/C6H7F3O2/c7-6(8,9)4-2-1-3-5(10)11/h1,3H,2,4H2,(H,10,11)/p-1/b3-1+. The molecule has 0 spiro atoms. The highest BCUT2D eigenvalue weighted by Crippen LogP contribution is 2.21. The lowest BCUT2D eigenvalue weighted by Crippen LogP contribution is -2.18. The van der Waals surface area contributed by atoms with E-state index in [0.717, 1.165) is 6.08 Å². The summed E-state index contributed by atoms with van der Waals surface area (Å²) in [5.41, 5.74) is 0. The molecule has 0 unspecified atom stereocenters. The van der Waals surface area contributed by atoms with E-state index < -0.39 is 18.6 Å². The number of hydrogen-bond acceptors (Lipinski definition) is 2. The third kappa shape index (κ3) is 9.00. The van der Waals surface area contributed by atoms with Crippen LogP contribution in [0.2, 0.25) is 0 Å². The van der Waals surface area contributed by atoms with E-state index in [2.05, 4.69) is 0 Å². The Morgan fingerprint density at radius 2 is 2.00 bits per heavy atom. The molecule has 64 valence electrons. The van der Waals surface area contributed by atoms with Crippen LogP contribution < -0.4 is 5.11 Å². The van der Waals surface area contributed by atoms with Crippen LogP contribution in [0.3, 0.4) is 0 Å². The van der Waals surface area contributed by atoms with Crippen molar-refractivity contribution in [1.29, 1.82) is 0 Å². The maximum absolute atomic E-state index is 11.4. The van der Waals surface area contributed by atoms with Gasteiger partial charge in [-0.15, -0.1) is 0 Å². The van der Waals surface area contributed by atoms with Crippen LogP contribution in [0.1, 0.15) is 12.8 Å². The zero-order valence-corrected chi connectivity index (χ0v) is 5.52. The molecule has 0 saturated heterocycles. The molecule has 0 rings (SSSR count). The minimum Gasteiger partial charge on any atom is -0.545 e. The van der Waals surface area contributed by atoms with Crippen molar-refractivity contribution in [3.05, 3.63) is 12.2 Å². The first-order valence-corrected chi connectivity index (χ1v) is 2.86. The Bertz CT molecular complexity index is 160. The number of carbonyl (C=O) groups excluding carboxylic acids is 1. The molecule has 0 amide bonds. The molecule has 5 heteroatoms. The molecule has 0 radical (unpaired) electrons. The summed E-state index contributed by atoms with van der Waals surface area (Å²) in [7, 11) is 0. The van der Waals surface area contributed by atoms with Gasteiger partial charge in [0.15, 0.2) is 0 Å². The quantitative estimate of drug-likeness (QED) is 0.578. The first kappa shape index (κ1) is 10.0. The summed E-state index contributed by atoms with van der Waals surface area (Å²) in [6, 6.07) is 0. The molecule has 0 aliphatic carbocycles. The molecule has 0 aromatic rings. The number of carbonyl (C=O) groups is 1. The SMILES string of the molecule is O=C([O-])/C=C/CCC(F)(F)F. The number of halogens is 3. The van der Waals surface area contributed by atoms with Crippen LogP contribution >= 0.6 is 0 Å². The van der Waals surface area contributed by atoms with Gasteiger partial charge in [0, 0.05) is 6.42 Å². The molecule has 0 aromatic heterocycles. The topological polar surface area (TPSA) is 40.1 Å². The third-order valence-corrected chi connectivity index (χ3v) is 0.848. The Hall–Kier alpha value is -1.00. The summed E-state index contributed by atoms with van der Waals surface area (Å²) in [5, 5.41) is 9.64. The molecular formula is C6H6F3O2-. The van der Waals surface area contributed by atoms with Crippen molar-refractivity contribution in [2.45, 2.75) is 19.0 Å². The van der Waals surface area contributed by atoms with Gasteiger partial charge in [0.1, 0.15) is 0 Å². The van der Waals surface area contributed by atoms with Gasteiger partial charge in [0.2, 0.25) is 0 Å². The van der Waals surface area contributed by atoms with Crippen molar-refractivity contribution >= 4 is 5.97 Å². The second kappa shape index (κ2) is 4.00. The fraction of sp³-hybridized carbons (Fsp3) is 0.500. The summed E-state index contributed by atoms with van der Waals surface area (Å²) in [5.74, 6) is -1.48. The molecule has 0 aliphatic rings. The minimum atomic E-state index is -4.23. The lowest BCUT2D eigenvalue weighted by atomic mass is 10.3. The molecule has 2 nitrogen and oxygen atoms in total. The maximum atomic E-state index is 11.4. The summed E-state index contributed by atoms with van der Waals surface area (Å²) >= 11 is 0. The van der Waals surface area contributed by atoms with Crippen LogP contribution in [0, 0.1) is 0 Å². The van der Waals surface area contributed by atoms with E-state index >= 15 is 0 Å². The number of rotatable bonds is 3. The molecule has 0 aromatic carbocycles. The van der Waals surface area contributed by atoms with Gasteiger partial charge in [-0.3, -0.25) is 0 Å². The van der Waals surface area contributed by atoms with Crippen LogP contribution in [0.5, 0.6) is 0 Å². The Morgan fingerprint density at radius 3 is 2.36 bits per heavy atom. The highest BCUT2D eigenvalue weighted by molar-refractivity contribution is 5.77. The van der Waals surface area contributed by atoms with Gasteiger partial charge in [-0.1, -0.05) is 6.08 Å². The molecule has 0 atom stereocenters. The predicted molar refractivity (Wildman–Crippen MR) is 29.4 cm³/mol. The van der Waals surface area contributed by atoms with Gasteiger partial charge in [0.25, 0.3) is 0 Å². The molecule has 0 fully saturated rings. The molecule has 11 heavy (non-hydrogen) atoms. The zero-order valence-electron chi connectivity index (χ0n) is 5.52. The van der Waals surface area contributed by atoms with Crippen LogP contribution in [-0.2, 0) is 4.79 Å². The number of hydrogen-bond donors (Lipinski definition) is 0. The second-order valence-corrected chi connectivity index (χ2v) is 1.88. The lowest BCUT2D eigenvalue weighted by molar-refractivity contribution is -0.297. The van der Waals surface area contributed by atoms with Crippen molar-refractivity contribution in [3.8, 4) is 0 Å². The van der Waals surface area contributed by atoms with Gasteiger partial charge in [-0.2, -0.15) is 13.2 Å². The number of carboxylic acid groups (broad SMARTS) is 1. The molecule has 0 bridgehead atoms.